The number of halogens is 4. The number of hydrogen-bond acceptors (Lipinski definition) is 4. The molecule has 1 heterocycles. The Balaban J connectivity index is 2.00. The minimum absolute atomic E-state index is 0.102. The number of benzene rings is 1. The first-order valence-corrected chi connectivity index (χ1v) is 6.93. The molecule has 0 aliphatic carbocycles. The van der Waals surface area contributed by atoms with Gasteiger partial charge >= 0.3 is 6.18 Å². The summed E-state index contributed by atoms with van der Waals surface area (Å²) in [5, 5.41) is 2.21. The van der Waals surface area contributed by atoms with Crippen molar-refractivity contribution < 1.29 is 13.2 Å². The van der Waals surface area contributed by atoms with E-state index in [4.69, 9.17) is 17.3 Å². The Hall–Kier alpha value is -2.02. The lowest BCUT2D eigenvalue weighted by Crippen LogP contribution is -2.15. The van der Waals surface area contributed by atoms with E-state index < -0.39 is 22.8 Å². The Bertz CT molecular complexity index is 632. The first kappa shape index (κ1) is 16.4. The lowest BCUT2D eigenvalue weighted by atomic mass is 10.1. The van der Waals surface area contributed by atoms with Crippen LogP contribution in [0.15, 0.2) is 30.3 Å². The molecule has 0 unspecified atom stereocenters. The van der Waals surface area contributed by atoms with Crippen molar-refractivity contribution in [2.45, 2.75) is 19.0 Å². The monoisotopic (exact) mass is 330 g/mol. The van der Waals surface area contributed by atoms with Gasteiger partial charge in [-0.05, 0) is 18.4 Å². The van der Waals surface area contributed by atoms with Gasteiger partial charge in [-0.2, -0.15) is 18.2 Å². The van der Waals surface area contributed by atoms with E-state index in [0.29, 0.717) is 13.0 Å². The van der Waals surface area contributed by atoms with E-state index in [0.717, 1.165) is 12.0 Å². The average molecular weight is 331 g/mol. The lowest BCUT2D eigenvalue weighted by Gasteiger charge is -2.13. The largest absolute Gasteiger partial charge is 0.435 e. The number of aromatic nitrogens is 2. The Morgan fingerprint density at radius 3 is 2.45 bits per heavy atom. The molecule has 0 saturated carbocycles. The number of nitrogens with two attached hydrogens (primary N) is 1. The van der Waals surface area contributed by atoms with Gasteiger partial charge < -0.3 is 11.1 Å². The Morgan fingerprint density at radius 2 is 1.82 bits per heavy atom. The molecule has 4 nitrogen and oxygen atoms in total. The van der Waals surface area contributed by atoms with Crippen LogP contribution in [0.5, 0.6) is 0 Å². The maximum absolute atomic E-state index is 12.8. The molecule has 118 valence electrons. The van der Waals surface area contributed by atoms with Gasteiger partial charge in [0.15, 0.2) is 11.5 Å². The van der Waals surface area contributed by atoms with Crippen LogP contribution in [0, 0.1) is 0 Å². The van der Waals surface area contributed by atoms with E-state index in [1.165, 1.54) is 0 Å². The predicted molar refractivity (Wildman–Crippen MR) is 79.7 cm³/mol. The molecule has 0 aliphatic rings. The molecule has 0 spiro atoms. The second-order valence-corrected chi connectivity index (χ2v) is 4.98. The summed E-state index contributed by atoms with van der Waals surface area (Å²) in [7, 11) is 0. The second-order valence-electron chi connectivity index (χ2n) is 4.61. The number of nitrogens with one attached hydrogen (secondary N) is 1. The number of nitrogen functional groups attached to an aromatic ring is 1. The summed E-state index contributed by atoms with van der Waals surface area (Å²) in [5.41, 5.74) is 5.22. The van der Waals surface area contributed by atoms with Crippen LogP contribution in [0.3, 0.4) is 0 Å². The average Bonchev–Trinajstić information content (AvgIpc) is 2.46. The van der Waals surface area contributed by atoms with Crippen molar-refractivity contribution in [2.75, 3.05) is 17.6 Å². The first-order chi connectivity index (χ1) is 10.4. The minimum Gasteiger partial charge on any atom is -0.369 e. The van der Waals surface area contributed by atoms with Crippen LogP contribution in [0.1, 0.15) is 17.7 Å². The van der Waals surface area contributed by atoms with Crippen LogP contribution < -0.4 is 11.1 Å². The minimum atomic E-state index is -4.67. The Morgan fingerprint density at radius 1 is 1.14 bits per heavy atom. The molecule has 1 aromatic heterocycles. The van der Waals surface area contributed by atoms with Gasteiger partial charge in [-0.1, -0.05) is 41.9 Å². The van der Waals surface area contributed by atoms with Crippen LogP contribution >= 0.6 is 11.6 Å². The summed E-state index contributed by atoms with van der Waals surface area (Å²) in [4.78, 5) is 6.87. The zero-order valence-electron chi connectivity index (χ0n) is 11.5. The second kappa shape index (κ2) is 6.83. The molecule has 0 amide bonds. The summed E-state index contributed by atoms with van der Waals surface area (Å²) in [6, 6.07) is 9.75. The van der Waals surface area contributed by atoms with Crippen molar-refractivity contribution in [1.82, 2.24) is 9.97 Å². The van der Waals surface area contributed by atoms with Crippen LogP contribution in [0.2, 0.25) is 5.02 Å². The fourth-order valence-electron chi connectivity index (χ4n) is 1.91. The Labute approximate surface area is 130 Å². The molecule has 0 aliphatic heterocycles. The fourth-order valence-corrected chi connectivity index (χ4v) is 2.17. The van der Waals surface area contributed by atoms with Crippen LogP contribution in [-0.4, -0.2) is 16.5 Å². The third kappa shape index (κ3) is 4.24. The molecule has 22 heavy (non-hydrogen) atoms. The van der Waals surface area contributed by atoms with Gasteiger partial charge in [-0.25, -0.2) is 4.98 Å². The van der Waals surface area contributed by atoms with Crippen molar-refractivity contribution in [3.63, 3.8) is 0 Å². The molecule has 0 bridgehead atoms. The molecule has 0 saturated heterocycles. The van der Waals surface area contributed by atoms with Gasteiger partial charge in [0.05, 0.1) is 0 Å². The van der Waals surface area contributed by atoms with Gasteiger partial charge in [0.1, 0.15) is 5.02 Å². The Kier molecular flexibility index (Phi) is 5.07. The molecule has 2 rings (SSSR count). The number of alkyl halides is 3. The van der Waals surface area contributed by atoms with Gasteiger partial charge in [-0.3, -0.25) is 0 Å². The molecular formula is C14H14ClF3N4. The SMILES string of the molecule is Nc1nc(NCCCc2ccccc2)c(Cl)c(C(F)(F)F)n1. The van der Waals surface area contributed by atoms with Gasteiger partial charge in [0.2, 0.25) is 5.95 Å². The van der Waals surface area contributed by atoms with Crippen LogP contribution in [-0.2, 0) is 12.6 Å². The summed E-state index contributed by atoms with van der Waals surface area (Å²) in [6.45, 7) is 0.419. The van der Waals surface area contributed by atoms with Crippen molar-refractivity contribution in [1.29, 1.82) is 0 Å². The quantitative estimate of drug-likeness (QED) is 0.819. The maximum Gasteiger partial charge on any atom is 0.435 e. The van der Waals surface area contributed by atoms with Gasteiger partial charge in [-0.15, -0.1) is 0 Å². The lowest BCUT2D eigenvalue weighted by molar-refractivity contribution is -0.141. The summed E-state index contributed by atoms with van der Waals surface area (Å²) < 4.78 is 38.3. The highest BCUT2D eigenvalue weighted by molar-refractivity contribution is 6.33. The van der Waals surface area contributed by atoms with E-state index in [1.807, 2.05) is 30.3 Å². The summed E-state index contributed by atoms with van der Waals surface area (Å²) in [5.74, 6) is -0.572. The van der Waals surface area contributed by atoms with Crippen molar-refractivity contribution in [3.8, 4) is 0 Å². The van der Waals surface area contributed by atoms with E-state index in [1.54, 1.807) is 0 Å². The zero-order chi connectivity index (χ0) is 16.2. The summed E-state index contributed by atoms with van der Waals surface area (Å²) in [6.07, 6.45) is -3.17. The maximum atomic E-state index is 12.8. The molecule has 3 N–H and O–H groups in total. The third-order valence-electron chi connectivity index (χ3n) is 2.91. The van der Waals surface area contributed by atoms with E-state index in [2.05, 4.69) is 15.3 Å². The number of anilines is 2. The fraction of sp³-hybridized carbons (Fsp3) is 0.286. The van der Waals surface area contributed by atoms with Crippen molar-refractivity contribution in [3.05, 3.63) is 46.6 Å². The molecule has 0 fully saturated rings. The molecule has 1 aromatic carbocycles. The predicted octanol–water partition coefficient (Wildman–Crippen LogP) is 3.78. The van der Waals surface area contributed by atoms with E-state index >= 15 is 0 Å². The normalized spacial score (nSPS) is 11.5. The smallest absolute Gasteiger partial charge is 0.369 e. The number of hydrogen-bond donors (Lipinski definition) is 2. The number of aryl methyl sites for hydroxylation is 1. The standard InChI is InChI=1S/C14H14ClF3N4/c15-10-11(14(16,17)18)21-13(19)22-12(10)20-8-4-7-9-5-2-1-3-6-9/h1-3,5-6H,4,7-8H2,(H3,19,20,21,22). The van der Waals surface area contributed by atoms with Crippen molar-refractivity contribution in [2.24, 2.45) is 0 Å². The zero-order valence-corrected chi connectivity index (χ0v) is 12.2. The van der Waals surface area contributed by atoms with Crippen LogP contribution in [0.25, 0.3) is 0 Å². The van der Waals surface area contributed by atoms with Crippen LogP contribution in [0.4, 0.5) is 24.9 Å². The first-order valence-electron chi connectivity index (χ1n) is 6.56. The van der Waals surface area contributed by atoms with Crippen molar-refractivity contribution >= 4 is 23.4 Å². The number of nitrogens with zero attached hydrogens (tertiary/aromatic N) is 2. The third-order valence-corrected chi connectivity index (χ3v) is 3.27. The summed E-state index contributed by atoms with van der Waals surface area (Å²) >= 11 is 5.70. The topological polar surface area (TPSA) is 63.8 Å². The highest BCUT2D eigenvalue weighted by Crippen LogP contribution is 2.36. The highest BCUT2D eigenvalue weighted by Gasteiger charge is 2.37. The molecule has 0 atom stereocenters. The molecule has 8 heteroatoms. The van der Waals surface area contributed by atoms with Gasteiger partial charge in [0, 0.05) is 6.54 Å². The molecule has 0 radical (unpaired) electrons. The van der Waals surface area contributed by atoms with E-state index in [9.17, 15) is 13.2 Å². The molecule has 2 aromatic rings. The molecular weight excluding hydrogens is 317 g/mol. The van der Waals surface area contributed by atoms with E-state index in [-0.39, 0.29) is 5.82 Å². The van der Waals surface area contributed by atoms with Gasteiger partial charge in [0.25, 0.3) is 0 Å². The highest BCUT2D eigenvalue weighted by atomic mass is 35.5. The number of rotatable bonds is 5.